The number of benzene rings is 2. The summed E-state index contributed by atoms with van der Waals surface area (Å²) < 4.78 is 37.9. The van der Waals surface area contributed by atoms with Gasteiger partial charge in [0.15, 0.2) is 0 Å². The summed E-state index contributed by atoms with van der Waals surface area (Å²) in [6.07, 6.45) is -4.43. The van der Waals surface area contributed by atoms with Gasteiger partial charge < -0.3 is 11.1 Å². The van der Waals surface area contributed by atoms with Crippen molar-refractivity contribution in [3.63, 3.8) is 0 Å². The second kappa shape index (κ2) is 7.67. The lowest BCUT2D eigenvalue weighted by atomic mass is 10.1. The number of fused-ring (bicyclic) bond motifs is 1. The molecule has 8 heteroatoms. The Kier molecular flexibility index (Phi) is 5.30. The zero-order valence-electron chi connectivity index (χ0n) is 14.5. The molecule has 5 nitrogen and oxygen atoms in total. The minimum absolute atomic E-state index is 0.00859. The van der Waals surface area contributed by atoms with E-state index in [9.17, 15) is 22.8 Å². The molecule has 0 saturated heterocycles. The molecule has 0 aliphatic carbocycles. The van der Waals surface area contributed by atoms with Gasteiger partial charge in [0.1, 0.15) is 6.04 Å². The summed E-state index contributed by atoms with van der Waals surface area (Å²) in [6.45, 7) is 0. The molecule has 0 radical (unpaired) electrons. The second-order valence-corrected chi connectivity index (χ2v) is 6.20. The summed E-state index contributed by atoms with van der Waals surface area (Å²) in [7, 11) is 0. The number of para-hydroxylation sites is 1. The van der Waals surface area contributed by atoms with Crippen LogP contribution >= 0.6 is 0 Å². The molecule has 1 aromatic heterocycles. The fourth-order valence-electron chi connectivity index (χ4n) is 2.71. The van der Waals surface area contributed by atoms with Crippen molar-refractivity contribution in [3.05, 3.63) is 77.5 Å². The van der Waals surface area contributed by atoms with Crippen molar-refractivity contribution < 1.29 is 22.8 Å². The van der Waals surface area contributed by atoms with Crippen LogP contribution in [0, 0.1) is 0 Å². The smallest absolute Gasteiger partial charge is 0.368 e. The number of nitrogens with two attached hydrogens (primary N) is 1. The van der Waals surface area contributed by atoms with Crippen LogP contribution in [0.5, 0.6) is 0 Å². The van der Waals surface area contributed by atoms with Gasteiger partial charge in [-0.2, -0.15) is 13.2 Å². The number of carbonyl (C=O) groups excluding carboxylic acids is 2. The number of nitrogens with one attached hydrogen (secondary N) is 1. The number of rotatable bonds is 5. The predicted molar refractivity (Wildman–Crippen MR) is 97.3 cm³/mol. The zero-order valence-corrected chi connectivity index (χ0v) is 14.5. The van der Waals surface area contributed by atoms with E-state index in [0.29, 0.717) is 5.69 Å². The highest BCUT2D eigenvalue weighted by Gasteiger charge is 2.30. The van der Waals surface area contributed by atoms with Gasteiger partial charge in [0.05, 0.1) is 11.1 Å². The molecular formula is C20H16F3N3O2. The van der Waals surface area contributed by atoms with E-state index in [1.54, 1.807) is 6.07 Å². The van der Waals surface area contributed by atoms with Crippen LogP contribution in [0.2, 0.25) is 0 Å². The van der Waals surface area contributed by atoms with Crippen molar-refractivity contribution in [3.8, 4) is 0 Å². The fraction of sp³-hybridized carbons (Fsp3) is 0.150. The fourth-order valence-corrected chi connectivity index (χ4v) is 2.71. The van der Waals surface area contributed by atoms with Crippen molar-refractivity contribution in [2.24, 2.45) is 5.73 Å². The standard InChI is InChI=1S/C20H16F3N3O2/c21-20(22,23)14-8-5-13(6-9-14)19(28)26-17(18(24)27)11-15-10-7-12-3-1-2-4-16(12)25-15/h1-10,17H,11H2,(H2,24,27)(H,26,28)/t17-/m1/s1. The Morgan fingerprint density at radius 3 is 2.32 bits per heavy atom. The Bertz CT molecular complexity index is 1020. The van der Waals surface area contributed by atoms with E-state index in [1.807, 2.05) is 30.3 Å². The van der Waals surface area contributed by atoms with Crippen molar-refractivity contribution in [2.75, 3.05) is 0 Å². The molecule has 3 N–H and O–H groups in total. The van der Waals surface area contributed by atoms with Crippen LogP contribution in [0.4, 0.5) is 13.2 Å². The molecule has 2 amide bonds. The highest BCUT2D eigenvalue weighted by Crippen LogP contribution is 2.29. The molecule has 28 heavy (non-hydrogen) atoms. The van der Waals surface area contributed by atoms with Crippen LogP contribution in [0.1, 0.15) is 21.6 Å². The van der Waals surface area contributed by atoms with Crippen LogP contribution in [-0.2, 0) is 17.4 Å². The molecule has 0 aliphatic heterocycles. The van der Waals surface area contributed by atoms with E-state index in [2.05, 4.69) is 10.3 Å². The predicted octanol–water partition coefficient (Wildman–Crippen LogP) is 3.08. The molecule has 1 atom stereocenters. The van der Waals surface area contributed by atoms with Crippen LogP contribution in [0.3, 0.4) is 0 Å². The van der Waals surface area contributed by atoms with Gasteiger partial charge in [0.2, 0.25) is 5.91 Å². The maximum atomic E-state index is 12.6. The van der Waals surface area contributed by atoms with E-state index < -0.39 is 29.6 Å². The number of hydrogen-bond donors (Lipinski definition) is 2. The van der Waals surface area contributed by atoms with E-state index in [0.717, 1.165) is 35.2 Å². The lowest BCUT2D eigenvalue weighted by Gasteiger charge is -2.16. The highest BCUT2D eigenvalue weighted by molar-refractivity contribution is 5.97. The average molecular weight is 387 g/mol. The largest absolute Gasteiger partial charge is 0.416 e. The third-order valence-corrected chi connectivity index (χ3v) is 4.19. The maximum absolute atomic E-state index is 12.6. The van der Waals surface area contributed by atoms with Crippen molar-refractivity contribution in [2.45, 2.75) is 18.6 Å². The van der Waals surface area contributed by atoms with Gasteiger partial charge in [-0.1, -0.05) is 24.3 Å². The van der Waals surface area contributed by atoms with Crippen LogP contribution in [0.25, 0.3) is 10.9 Å². The summed E-state index contributed by atoms with van der Waals surface area (Å²) >= 11 is 0. The van der Waals surface area contributed by atoms with Crippen molar-refractivity contribution >= 4 is 22.7 Å². The average Bonchev–Trinajstić information content (AvgIpc) is 2.66. The third kappa shape index (κ3) is 4.46. The van der Waals surface area contributed by atoms with E-state index in [4.69, 9.17) is 5.73 Å². The molecule has 0 fully saturated rings. The van der Waals surface area contributed by atoms with Crippen molar-refractivity contribution in [1.29, 1.82) is 0 Å². The van der Waals surface area contributed by atoms with E-state index >= 15 is 0 Å². The van der Waals surface area contributed by atoms with Crippen molar-refractivity contribution in [1.82, 2.24) is 10.3 Å². The SMILES string of the molecule is NC(=O)[C@@H](Cc1ccc2ccccc2n1)NC(=O)c1ccc(C(F)(F)F)cc1. The number of alkyl halides is 3. The Morgan fingerprint density at radius 1 is 1.00 bits per heavy atom. The Morgan fingerprint density at radius 2 is 1.68 bits per heavy atom. The number of amides is 2. The molecule has 1 heterocycles. The summed E-state index contributed by atoms with van der Waals surface area (Å²) in [5.41, 5.74) is 5.79. The quantitative estimate of drug-likeness (QED) is 0.706. The highest BCUT2D eigenvalue weighted by atomic mass is 19.4. The van der Waals surface area contributed by atoms with Gasteiger partial charge in [0.25, 0.3) is 5.91 Å². The Balaban J connectivity index is 1.75. The molecule has 0 aliphatic rings. The molecule has 0 bridgehead atoms. The lowest BCUT2D eigenvalue weighted by Crippen LogP contribution is -2.46. The number of halogens is 3. The molecular weight excluding hydrogens is 371 g/mol. The third-order valence-electron chi connectivity index (χ3n) is 4.19. The number of nitrogens with zero attached hydrogens (tertiary/aromatic N) is 1. The van der Waals surface area contributed by atoms with Crippen LogP contribution in [0.15, 0.2) is 60.7 Å². The van der Waals surface area contributed by atoms with Gasteiger partial charge >= 0.3 is 6.18 Å². The Labute approximate surface area is 158 Å². The molecule has 0 unspecified atom stereocenters. The first-order chi connectivity index (χ1) is 13.2. The molecule has 144 valence electrons. The molecule has 0 spiro atoms. The van der Waals surface area contributed by atoms with Gasteiger partial charge in [-0.25, -0.2) is 0 Å². The Hall–Kier alpha value is -3.42. The summed E-state index contributed by atoms with van der Waals surface area (Å²) in [5.74, 6) is -1.46. The zero-order chi connectivity index (χ0) is 20.3. The molecule has 3 aromatic rings. The summed E-state index contributed by atoms with van der Waals surface area (Å²) in [5, 5.41) is 3.38. The molecule has 3 rings (SSSR count). The molecule has 0 saturated carbocycles. The number of carbonyl (C=O) groups is 2. The monoisotopic (exact) mass is 387 g/mol. The lowest BCUT2D eigenvalue weighted by molar-refractivity contribution is -0.137. The maximum Gasteiger partial charge on any atom is 0.416 e. The minimum Gasteiger partial charge on any atom is -0.368 e. The van der Waals surface area contributed by atoms with Crippen LogP contribution < -0.4 is 11.1 Å². The topological polar surface area (TPSA) is 85.1 Å². The normalized spacial score (nSPS) is 12.5. The summed E-state index contributed by atoms with van der Waals surface area (Å²) in [6, 6.07) is 13.6. The molecule has 2 aromatic carbocycles. The first kappa shape index (κ1) is 19.3. The minimum atomic E-state index is -4.49. The van der Waals surface area contributed by atoms with Gasteiger partial charge in [-0.05, 0) is 36.4 Å². The van der Waals surface area contributed by atoms with Crippen LogP contribution in [-0.4, -0.2) is 22.8 Å². The van der Waals surface area contributed by atoms with Gasteiger partial charge in [0, 0.05) is 23.1 Å². The number of hydrogen-bond acceptors (Lipinski definition) is 3. The van der Waals surface area contributed by atoms with E-state index in [-0.39, 0.29) is 12.0 Å². The number of pyridine rings is 1. The second-order valence-electron chi connectivity index (χ2n) is 6.20. The first-order valence-corrected chi connectivity index (χ1v) is 8.36. The number of aromatic nitrogens is 1. The van der Waals surface area contributed by atoms with Gasteiger partial charge in [-0.3, -0.25) is 14.6 Å². The van der Waals surface area contributed by atoms with E-state index in [1.165, 1.54) is 0 Å². The van der Waals surface area contributed by atoms with Gasteiger partial charge in [-0.15, -0.1) is 0 Å². The first-order valence-electron chi connectivity index (χ1n) is 8.36. The number of primary amides is 1. The summed E-state index contributed by atoms with van der Waals surface area (Å²) in [4.78, 5) is 28.5.